The minimum atomic E-state index is 0.304. The molecule has 0 saturated heterocycles. The minimum Gasteiger partial charge on any atom is -0.462 e. The van der Waals surface area contributed by atoms with Gasteiger partial charge in [-0.15, -0.1) is 0 Å². The predicted molar refractivity (Wildman–Crippen MR) is 82.9 cm³/mol. The van der Waals surface area contributed by atoms with Crippen LogP contribution < -0.4 is 5.73 Å². The third-order valence-electron chi connectivity index (χ3n) is 3.66. The predicted octanol–water partition coefficient (Wildman–Crippen LogP) is 4.62. The van der Waals surface area contributed by atoms with Crippen molar-refractivity contribution in [1.82, 2.24) is 5.16 Å². The summed E-state index contributed by atoms with van der Waals surface area (Å²) in [5, 5.41) is 4.06. The first-order valence-electron chi connectivity index (χ1n) is 6.98. The Bertz CT molecular complexity index is 751. The number of hydrogen-bond donors (Lipinski definition) is 1. The summed E-state index contributed by atoms with van der Waals surface area (Å²) in [6.45, 7) is 6.30. The number of furan rings is 1. The highest BCUT2D eigenvalue weighted by molar-refractivity contribution is 5.86. The van der Waals surface area contributed by atoms with Crippen molar-refractivity contribution in [3.05, 3.63) is 47.7 Å². The zero-order valence-corrected chi connectivity index (χ0v) is 12.4. The van der Waals surface area contributed by atoms with Crippen LogP contribution in [0.25, 0.3) is 22.6 Å². The summed E-state index contributed by atoms with van der Waals surface area (Å²) < 4.78 is 10.7. The Morgan fingerprint density at radius 1 is 1.10 bits per heavy atom. The van der Waals surface area contributed by atoms with Gasteiger partial charge in [0.05, 0.1) is 11.8 Å². The Balaban J connectivity index is 2.10. The molecule has 0 aliphatic heterocycles. The fraction of sp³-hybridized carbons (Fsp3) is 0.235. The maximum Gasteiger partial charge on any atom is 0.230 e. The van der Waals surface area contributed by atoms with Gasteiger partial charge in [-0.1, -0.05) is 43.3 Å². The number of hydrogen-bond acceptors (Lipinski definition) is 4. The molecule has 4 nitrogen and oxygen atoms in total. The zero-order chi connectivity index (χ0) is 15.0. The highest BCUT2D eigenvalue weighted by Crippen LogP contribution is 2.38. The molecule has 0 aliphatic carbocycles. The van der Waals surface area contributed by atoms with Crippen LogP contribution in [-0.2, 0) is 0 Å². The van der Waals surface area contributed by atoms with Crippen molar-refractivity contribution in [3.63, 3.8) is 0 Å². The molecule has 21 heavy (non-hydrogen) atoms. The largest absolute Gasteiger partial charge is 0.462 e. The highest BCUT2D eigenvalue weighted by atomic mass is 16.5. The van der Waals surface area contributed by atoms with Gasteiger partial charge >= 0.3 is 0 Å². The van der Waals surface area contributed by atoms with Gasteiger partial charge in [0.25, 0.3) is 0 Å². The van der Waals surface area contributed by atoms with Crippen molar-refractivity contribution in [2.75, 3.05) is 5.73 Å². The summed E-state index contributed by atoms with van der Waals surface area (Å²) in [5.74, 6) is 1.49. The Morgan fingerprint density at radius 3 is 2.38 bits per heavy atom. The molecular formula is C17H18N2O2. The Hall–Kier alpha value is -2.49. The van der Waals surface area contributed by atoms with Gasteiger partial charge in [0.15, 0.2) is 11.5 Å². The van der Waals surface area contributed by atoms with Gasteiger partial charge in [0, 0.05) is 0 Å². The molecule has 0 unspecified atom stereocenters. The van der Waals surface area contributed by atoms with Crippen molar-refractivity contribution >= 4 is 5.88 Å². The summed E-state index contributed by atoms with van der Waals surface area (Å²) in [4.78, 5) is 0. The smallest absolute Gasteiger partial charge is 0.230 e. The molecule has 1 aromatic carbocycles. The van der Waals surface area contributed by atoms with Gasteiger partial charge in [-0.2, -0.15) is 0 Å². The van der Waals surface area contributed by atoms with Gasteiger partial charge in [-0.05, 0) is 35.6 Å². The molecule has 0 spiro atoms. The third-order valence-corrected chi connectivity index (χ3v) is 3.66. The van der Waals surface area contributed by atoms with Crippen molar-refractivity contribution < 1.29 is 8.94 Å². The van der Waals surface area contributed by atoms with Crippen LogP contribution in [0.15, 0.2) is 45.5 Å². The number of benzene rings is 1. The monoisotopic (exact) mass is 282 g/mol. The molecule has 0 radical (unpaired) electrons. The van der Waals surface area contributed by atoms with E-state index in [1.165, 1.54) is 5.56 Å². The van der Waals surface area contributed by atoms with Gasteiger partial charge < -0.3 is 14.7 Å². The lowest BCUT2D eigenvalue weighted by Gasteiger charge is -2.07. The molecule has 0 saturated carbocycles. The molecule has 3 rings (SSSR count). The van der Waals surface area contributed by atoms with Crippen molar-refractivity contribution in [1.29, 1.82) is 0 Å². The molecule has 108 valence electrons. The van der Waals surface area contributed by atoms with E-state index in [0.29, 0.717) is 23.3 Å². The summed E-state index contributed by atoms with van der Waals surface area (Å²) in [6, 6.07) is 10.2. The number of nitrogens with two attached hydrogens (primary N) is 1. The first-order chi connectivity index (χ1) is 10.1. The Kier molecular flexibility index (Phi) is 3.29. The van der Waals surface area contributed by atoms with Crippen LogP contribution in [-0.4, -0.2) is 5.16 Å². The fourth-order valence-corrected chi connectivity index (χ4v) is 2.39. The first-order valence-corrected chi connectivity index (χ1v) is 6.98. The summed E-state index contributed by atoms with van der Waals surface area (Å²) in [7, 11) is 0. The zero-order valence-electron chi connectivity index (χ0n) is 12.4. The topological polar surface area (TPSA) is 65.2 Å². The number of nitrogen functional groups attached to an aromatic ring is 1. The number of rotatable bonds is 3. The number of nitrogens with zero attached hydrogens (tertiary/aromatic N) is 1. The molecular weight excluding hydrogens is 264 g/mol. The first kappa shape index (κ1) is 13.5. The molecule has 2 heterocycles. The second kappa shape index (κ2) is 5.13. The van der Waals surface area contributed by atoms with Gasteiger partial charge in [-0.3, -0.25) is 0 Å². The molecule has 0 bridgehead atoms. The van der Waals surface area contributed by atoms with Crippen LogP contribution in [0.2, 0.25) is 0 Å². The van der Waals surface area contributed by atoms with E-state index in [2.05, 4.69) is 31.1 Å². The van der Waals surface area contributed by atoms with Crippen LogP contribution >= 0.6 is 0 Å². The molecule has 0 atom stereocenters. The van der Waals surface area contributed by atoms with E-state index in [1.807, 2.05) is 25.1 Å². The van der Waals surface area contributed by atoms with E-state index in [9.17, 15) is 0 Å². The molecule has 0 fully saturated rings. The molecule has 4 heteroatoms. The third kappa shape index (κ3) is 2.33. The second-order valence-electron chi connectivity index (χ2n) is 5.48. The average molecular weight is 282 g/mol. The van der Waals surface area contributed by atoms with Gasteiger partial charge in [-0.25, -0.2) is 0 Å². The number of anilines is 1. The lowest BCUT2D eigenvalue weighted by atomic mass is 9.98. The SMILES string of the molecule is Cc1ccoc1-c1noc(N)c1-c1ccc(C(C)C)cc1. The highest BCUT2D eigenvalue weighted by Gasteiger charge is 2.21. The van der Waals surface area contributed by atoms with Gasteiger partial charge in [0.2, 0.25) is 5.88 Å². The molecule has 0 aliphatic rings. The summed E-state index contributed by atoms with van der Waals surface area (Å²) >= 11 is 0. The standard InChI is InChI=1S/C17H18N2O2/c1-10(2)12-4-6-13(7-5-12)14-15(19-21-17(14)18)16-11(3)8-9-20-16/h4-10H,18H2,1-3H3. The quantitative estimate of drug-likeness (QED) is 0.761. The lowest BCUT2D eigenvalue weighted by molar-refractivity contribution is 0.435. The van der Waals surface area contributed by atoms with E-state index in [0.717, 1.165) is 16.7 Å². The molecule has 2 aromatic heterocycles. The van der Waals surface area contributed by atoms with Crippen LogP contribution in [0.4, 0.5) is 5.88 Å². The fourth-order valence-electron chi connectivity index (χ4n) is 2.39. The summed E-state index contributed by atoms with van der Waals surface area (Å²) in [6.07, 6.45) is 1.64. The van der Waals surface area contributed by atoms with E-state index >= 15 is 0 Å². The Labute approximate surface area is 123 Å². The van der Waals surface area contributed by atoms with Crippen LogP contribution in [0.5, 0.6) is 0 Å². The van der Waals surface area contributed by atoms with E-state index in [-0.39, 0.29) is 0 Å². The molecule has 3 aromatic rings. The van der Waals surface area contributed by atoms with E-state index in [4.69, 9.17) is 14.7 Å². The van der Waals surface area contributed by atoms with Crippen molar-refractivity contribution in [2.24, 2.45) is 0 Å². The number of aromatic nitrogens is 1. The van der Waals surface area contributed by atoms with Crippen LogP contribution in [0.3, 0.4) is 0 Å². The normalized spacial score (nSPS) is 11.2. The average Bonchev–Trinajstić information content (AvgIpc) is 3.04. The maximum absolute atomic E-state index is 5.96. The van der Waals surface area contributed by atoms with Crippen LogP contribution in [0, 0.1) is 6.92 Å². The second-order valence-corrected chi connectivity index (χ2v) is 5.48. The molecule has 2 N–H and O–H groups in total. The van der Waals surface area contributed by atoms with Crippen molar-refractivity contribution in [3.8, 4) is 22.6 Å². The van der Waals surface area contributed by atoms with E-state index in [1.54, 1.807) is 6.26 Å². The van der Waals surface area contributed by atoms with Crippen molar-refractivity contribution in [2.45, 2.75) is 26.7 Å². The van der Waals surface area contributed by atoms with Gasteiger partial charge in [0.1, 0.15) is 0 Å². The van der Waals surface area contributed by atoms with E-state index < -0.39 is 0 Å². The minimum absolute atomic E-state index is 0.304. The summed E-state index contributed by atoms with van der Waals surface area (Å²) in [5.41, 5.74) is 10.6. The lowest BCUT2D eigenvalue weighted by Crippen LogP contribution is -1.90. The maximum atomic E-state index is 5.96. The van der Waals surface area contributed by atoms with Crippen LogP contribution in [0.1, 0.15) is 30.9 Å². The molecule has 0 amide bonds. The Morgan fingerprint density at radius 2 is 1.81 bits per heavy atom. The number of aryl methyl sites for hydroxylation is 1.